The third-order valence-corrected chi connectivity index (χ3v) is 5.30. The van der Waals surface area contributed by atoms with E-state index in [4.69, 9.17) is 5.26 Å². The van der Waals surface area contributed by atoms with Gasteiger partial charge < -0.3 is 0 Å². The summed E-state index contributed by atoms with van der Waals surface area (Å²) in [6.07, 6.45) is 5.32. The van der Waals surface area contributed by atoms with Crippen molar-refractivity contribution < 1.29 is 4.79 Å². The van der Waals surface area contributed by atoms with Gasteiger partial charge in [-0.15, -0.1) is 0 Å². The summed E-state index contributed by atoms with van der Waals surface area (Å²) >= 11 is 0. The first-order chi connectivity index (χ1) is 15.4. The van der Waals surface area contributed by atoms with Gasteiger partial charge in [-0.3, -0.25) is 19.4 Å². The Bertz CT molecular complexity index is 1330. The summed E-state index contributed by atoms with van der Waals surface area (Å²) in [5.74, 6) is 0.0315. The predicted molar refractivity (Wildman–Crippen MR) is 121 cm³/mol. The zero-order chi connectivity index (χ0) is 22.7. The molecule has 0 saturated carbocycles. The maximum Gasteiger partial charge on any atom is 0.160 e. The molecule has 4 aromatic heterocycles. The van der Waals surface area contributed by atoms with E-state index in [1.807, 2.05) is 57.2 Å². The third-order valence-electron chi connectivity index (χ3n) is 5.30. The van der Waals surface area contributed by atoms with Crippen LogP contribution in [0.5, 0.6) is 0 Å². The summed E-state index contributed by atoms with van der Waals surface area (Å²) in [5.41, 5.74) is 7.66. The highest BCUT2D eigenvalue weighted by Gasteiger charge is 2.16. The number of rotatable bonds is 6. The van der Waals surface area contributed by atoms with Crippen LogP contribution in [0.1, 0.15) is 28.5 Å². The van der Waals surface area contributed by atoms with Crippen molar-refractivity contribution in [2.24, 2.45) is 0 Å². The first kappa shape index (κ1) is 21.1. The Labute approximate surface area is 186 Å². The maximum atomic E-state index is 12.7. The van der Waals surface area contributed by atoms with Crippen molar-refractivity contribution in [1.82, 2.24) is 24.7 Å². The number of pyridine rings is 3. The van der Waals surface area contributed by atoms with E-state index in [2.05, 4.69) is 20.1 Å². The van der Waals surface area contributed by atoms with Crippen molar-refractivity contribution in [3.05, 3.63) is 83.5 Å². The molecule has 0 radical (unpaired) electrons. The minimum atomic E-state index is 0.0315. The van der Waals surface area contributed by atoms with Crippen molar-refractivity contribution in [2.45, 2.75) is 33.7 Å². The van der Waals surface area contributed by atoms with E-state index in [0.29, 0.717) is 11.4 Å². The number of aromatic nitrogens is 5. The number of nitrogens with zero attached hydrogens (tertiary/aromatic N) is 6. The molecule has 0 saturated heterocycles. The number of carbonyl (C=O) groups excluding carboxylic acids is 1. The SMILES string of the molecule is Cc1cc(-c2c(C)nn(CC(=O)Cc3ccc(-c4ccnc(C#N)c4)cn3)c2C)ccn1. The van der Waals surface area contributed by atoms with E-state index in [-0.39, 0.29) is 18.7 Å². The van der Waals surface area contributed by atoms with E-state index in [9.17, 15) is 4.79 Å². The predicted octanol–water partition coefficient (Wildman–Crippen LogP) is 4.01. The van der Waals surface area contributed by atoms with Gasteiger partial charge in [0.25, 0.3) is 0 Å². The number of nitriles is 1. The zero-order valence-electron chi connectivity index (χ0n) is 18.2. The van der Waals surface area contributed by atoms with Gasteiger partial charge >= 0.3 is 0 Å². The van der Waals surface area contributed by atoms with E-state index < -0.39 is 0 Å². The van der Waals surface area contributed by atoms with Crippen LogP contribution in [0, 0.1) is 32.1 Å². The molecule has 0 aliphatic heterocycles. The van der Waals surface area contributed by atoms with Crippen LogP contribution in [-0.2, 0) is 17.8 Å². The molecule has 0 aliphatic rings. The highest BCUT2D eigenvalue weighted by Crippen LogP contribution is 2.27. The molecule has 0 fully saturated rings. The minimum absolute atomic E-state index is 0.0315. The van der Waals surface area contributed by atoms with Gasteiger partial charge in [0.1, 0.15) is 18.3 Å². The number of Topliss-reactive ketones (excluding diaryl/α,β-unsaturated/α-hetero) is 1. The van der Waals surface area contributed by atoms with E-state index >= 15 is 0 Å². The lowest BCUT2D eigenvalue weighted by atomic mass is 10.0. The number of hydrogen-bond donors (Lipinski definition) is 0. The Morgan fingerprint density at radius 2 is 1.75 bits per heavy atom. The lowest BCUT2D eigenvalue weighted by Crippen LogP contribution is -2.15. The van der Waals surface area contributed by atoms with Gasteiger partial charge in [-0.25, -0.2) is 4.98 Å². The Kier molecular flexibility index (Phi) is 5.86. The second kappa shape index (κ2) is 8.90. The molecule has 0 aliphatic carbocycles. The molecule has 4 rings (SSSR count). The van der Waals surface area contributed by atoms with E-state index in [1.165, 1.54) is 0 Å². The van der Waals surface area contributed by atoms with Gasteiger partial charge in [0.05, 0.1) is 12.1 Å². The molecule has 32 heavy (non-hydrogen) atoms. The van der Waals surface area contributed by atoms with Crippen molar-refractivity contribution in [2.75, 3.05) is 0 Å². The number of hydrogen-bond acceptors (Lipinski definition) is 6. The Morgan fingerprint density at radius 1 is 0.969 bits per heavy atom. The topological polar surface area (TPSA) is 97.3 Å². The fraction of sp³-hybridized carbons (Fsp3) is 0.200. The van der Waals surface area contributed by atoms with Gasteiger partial charge in [0.15, 0.2) is 5.78 Å². The van der Waals surface area contributed by atoms with Crippen molar-refractivity contribution in [3.8, 4) is 28.3 Å². The number of carbonyl (C=O) groups is 1. The molecule has 0 spiro atoms. The Balaban J connectivity index is 1.47. The first-order valence-corrected chi connectivity index (χ1v) is 10.2. The summed E-state index contributed by atoms with van der Waals surface area (Å²) < 4.78 is 1.76. The molecule has 4 aromatic rings. The van der Waals surface area contributed by atoms with Gasteiger partial charge in [0, 0.05) is 46.8 Å². The molecule has 0 unspecified atom stereocenters. The first-order valence-electron chi connectivity index (χ1n) is 10.2. The Morgan fingerprint density at radius 3 is 2.47 bits per heavy atom. The van der Waals surface area contributed by atoms with Crippen LogP contribution < -0.4 is 0 Å². The third kappa shape index (κ3) is 4.44. The number of ketones is 1. The highest BCUT2D eigenvalue weighted by molar-refractivity contribution is 5.81. The van der Waals surface area contributed by atoms with Crippen LogP contribution in [-0.4, -0.2) is 30.5 Å². The molecule has 0 N–H and O–H groups in total. The summed E-state index contributed by atoms with van der Waals surface area (Å²) in [5, 5.41) is 13.6. The maximum absolute atomic E-state index is 12.7. The molecule has 0 aromatic carbocycles. The Hall–Kier alpha value is -4.18. The van der Waals surface area contributed by atoms with Gasteiger partial charge in [0.2, 0.25) is 0 Å². The van der Waals surface area contributed by atoms with Gasteiger partial charge in [-0.05, 0) is 62.2 Å². The molecule has 0 atom stereocenters. The fourth-order valence-electron chi connectivity index (χ4n) is 3.77. The lowest BCUT2D eigenvalue weighted by molar-refractivity contribution is -0.119. The highest BCUT2D eigenvalue weighted by atomic mass is 16.1. The molecular formula is C25H22N6O. The lowest BCUT2D eigenvalue weighted by Gasteiger charge is -2.07. The summed E-state index contributed by atoms with van der Waals surface area (Å²) in [6.45, 7) is 6.08. The van der Waals surface area contributed by atoms with Crippen LogP contribution in [0.4, 0.5) is 0 Å². The standard InChI is InChI=1S/C25H22N6O/c1-16-10-20(7-8-27-16)25-17(2)30-31(18(25)3)15-24(32)12-22-5-4-21(14-29-22)19-6-9-28-23(11-19)13-26/h4-11,14H,12,15H2,1-3H3. The normalized spacial score (nSPS) is 10.7. The fourth-order valence-corrected chi connectivity index (χ4v) is 3.77. The molecule has 7 nitrogen and oxygen atoms in total. The molecule has 4 heterocycles. The molecular weight excluding hydrogens is 400 g/mol. The number of aryl methyl sites for hydroxylation is 2. The second-order valence-electron chi connectivity index (χ2n) is 7.68. The van der Waals surface area contributed by atoms with Crippen LogP contribution in [0.3, 0.4) is 0 Å². The van der Waals surface area contributed by atoms with E-state index in [1.54, 1.807) is 29.3 Å². The molecule has 7 heteroatoms. The largest absolute Gasteiger partial charge is 0.297 e. The summed E-state index contributed by atoms with van der Waals surface area (Å²) in [6, 6.07) is 13.3. The van der Waals surface area contributed by atoms with Crippen LogP contribution in [0.2, 0.25) is 0 Å². The van der Waals surface area contributed by atoms with Crippen molar-refractivity contribution >= 4 is 5.78 Å². The second-order valence-corrected chi connectivity index (χ2v) is 7.68. The van der Waals surface area contributed by atoms with Gasteiger partial charge in [-0.1, -0.05) is 6.07 Å². The van der Waals surface area contributed by atoms with Crippen LogP contribution >= 0.6 is 0 Å². The van der Waals surface area contributed by atoms with Gasteiger partial charge in [-0.2, -0.15) is 10.4 Å². The monoisotopic (exact) mass is 422 g/mol. The summed E-state index contributed by atoms with van der Waals surface area (Å²) in [7, 11) is 0. The van der Waals surface area contributed by atoms with Crippen LogP contribution in [0.15, 0.2) is 55.0 Å². The minimum Gasteiger partial charge on any atom is -0.297 e. The smallest absolute Gasteiger partial charge is 0.160 e. The van der Waals surface area contributed by atoms with E-state index in [0.717, 1.165) is 39.3 Å². The summed E-state index contributed by atoms with van der Waals surface area (Å²) in [4.78, 5) is 25.4. The van der Waals surface area contributed by atoms with Crippen LogP contribution in [0.25, 0.3) is 22.3 Å². The quantitative estimate of drug-likeness (QED) is 0.466. The molecule has 158 valence electrons. The average molecular weight is 422 g/mol. The average Bonchev–Trinajstić information content (AvgIpc) is 3.06. The van der Waals surface area contributed by atoms with Crippen molar-refractivity contribution in [3.63, 3.8) is 0 Å². The molecule has 0 amide bonds. The molecule has 0 bridgehead atoms. The van der Waals surface area contributed by atoms with Crippen molar-refractivity contribution in [1.29, 1.82) is 5.26 Å². The zero-order valence-corrected chi connectivity index (χ0v) is 18.2.